The maximum absolute atomic E-state index is 11.9. The zero-order valence-electron chi connectivity index (χ0n) is 10.5. The molecule has 1 N–H and O–H groups in total. The van der Waals surface area contributed by atoms with E-state index in [0.29, 0.717) is 24.5 Å². The molecule has 0 fully saturated rings. The van der Waals surface area contributed by atoms with Crippen molar-refractivity contribution in [1.29, 1.82) is 0 Å². The van der Waals surface area contributed by atoms with E-state index < -0.39 is 10.0 Å². The molecule has 18 heavy (non-hydrogen) atoms. The van der Waals surface area contributed by atoms with Gasteiger partial charge in [0, 0.05) is 12.6 Å². The molecule has 0 aliphatic heterocycles. The quantitative estimate of drug-likeness (QED) is 0.604. The Bertz CT molecular complexity index is 511. The van der Waals surface area contributed by atoms with Crippen molar-refractivity contribution in [2.24, 2.45) is 0 Å². The van der Waals surface area contributed by atoms with Gasteiger partial charge in [-0.1, -0.05) is 6.08 Å². The Morgan fingerprint density at radius 3 is 2.50 bits per heavy atom. The molecule has 0 unspecified atom stereocenters. The molecule has 0 spiro atoms. The predicted octanol–water partition coefficient (Wildman–Crippen LogP) is 1.56. The van der Waals surface area contributed by atoms with E-state index in [0.717, 1.165) is 0 Å². The molecule has 0 aliphatic carbocycles. The Morgan fingerprint density at radius 1 is 1.28 bits per heavy atom. The number of nitrogens with one attached hydrogen (secondary N) is 1. The topological polar surface area (TPSA) is 64.6 Å². The second-order valence-electron chi connectivity index (χ2n) is 3.49. The lowest BCUT2D eigenvalue weighted by molar-refractivity contribution is 0.354. The highest BCUT2D eigenvalue weighted by Gasteiger charge is 2.16. The first kappa shape index (κ1) is 14.5. The molecule has 1 aromatic carbocycles. The lowest BCUT2D eigenvalue weighted by atomic mass is 10.3. The molecule has 0 aliphatic rings. The summed E-state index contributed by atoms with van der Waals surface area (Å²) in [6, 6.07) is 4.45. The first-order valence-electron chi connectivity index (χ1n) is 5.37. The molecule has 0 amide bonds. The van der Waals surface area contributed by atoms with E-state index in [4.69, 9.17) is 9.47 Å². The molecule has 6 heteroatoms. The van der Waals surface area contributed by atoms with Crippen LogP contribution >= 0.6 is 0 Å². The molecule has 1 aromatic rings. The van der Waals surface area contributed by atoms with Crippen molar-refractivity contribution in [2.45, 2.75) is 11.3 Å². The third kappa shape index (κ3) is 3.48. The van der Waals surface area contributed by atoms with Crippen molar-refractivity contribution in [1.82, 2.24) is 4.72 Å². The maximum atomic E-state index is 11.9. The van der Waals surface area contributed by atoms with Crippen molar-refractivity contribution < 1.29 is 17.9 Å². The van der Waals surface area contributed by atoms with Crippen LogP contribution in [-0.2, 0) is 10.0 Å². The lowest BCUT2D eigenvalue weighted by Crippen LogP contribution is -2.24. The average molecular weight is 271 g/mol. The Labute approximate surface area is 107 Å². The fraction of sp³-hybridized carbons (Fsp3) is 0.333. The number of benzene rings is 1. The molecule has 0 heterocycles. The van der Waals surface area contributed by atoms with Gasteiger partial charge >= 0.3 is 0 Å². The van der Waals surface area contributed by atoms with Crippen LogP contribution in [0.5, 0.6) is 11.5 Å². The van der Waals surface area contributed by atoms with Gasteiger partial charge < -0.3 is 9.47 Å². The third-order valence-corrected chi connectivity index (χ3v) is 3.76. The van der Waals surface area contributed by atoms with Crippen LogP contribution in [-0.4, -0.2) is 29.2 Å². The van der Waals surface area contributed by atoms with Gasteiger partial charge in [-0.05, 0) is 18.6 Å². The minimum Gasteiger partial charge on any atom is -0.493 e. The van der Waals surface area contributed by atoms with Crippen LogP contribution in [0.2, 0.25) is 0 Å². The summed E-state index contributed by atoms with van der Waals surface area (Å²) in [4.78, 5) is 0.143. The number of methoxy groups -OCH3 is 2. The van der Waals surface area contributed by atoms with Crippen LogP contribution in [0.3, 0.4) is 0 Å². The van der Waals surface area contributed by atoms with Crippen molar-refractivity contribution >= 4 is 10.0 Å². The van der Waals surface area contributed by atoms with Crippen LogP contribution in [0, 0.1) is 0 Å². The SMILES string of the molecule is C=CCCNS(=O)(=O)c1ccc(OC)c(OC)c1. The summed E-state index contributed by atoms with van der Waals surface area (Å²) in [7, 11) is -0.571. The second-order valence-corrected chi connectivity index (χ2v) is 5.26. The van der Waals surface area contributed by atoms with Gasteiger partial charge in [0.1, 0.15) is 0 Å². The van der Waals surface area contributed by atoms with Gasteiger partial charge in [0.15, 0.2) is 11.5 Å². The third-order valence-electron chi connectivity index (χ3n) is 2.31. The molecule has 0 bridgehead atoms. The minimum absolute atomic E-state index is 0.143. The average Bonchev–Trinajstić information content (AvgIpc) is 2.38. The molecule has 0 saturated heterocycles. The van der Waals surface area contributed by atoms with Crippen LogP contribution in [0.1, 0.15) is 6.42 Å². The van der Waals surface area contributed by atoms with Crippen molar-refractivity contribution in [2.75, 3.05) is 20.8 Å². The molecule has 5 nitrogen and oxygen atoms in total. The maximum Gasteiger partial charge on any atom is 0.240 e. The molecule has 0 atom stereocenters. The Morgan fingerprint density at radius 2 is 1.94 bits per heavy atom. The predicted molar refractivity (Wildman–Crippen MR) is 69.5 cm³/mol. The Kier molecular flexibility index (Phi) is 5.18. The van der Waals surface area contributed by atoms with Gasteiger partial charge in [-0.15, -0.1) is 6.58 Å². The van der Waals surface area contributed by atoms with E-state index in [-0.39, 0.29) is 4.90 Å². The summed E-state index contributed by atoms with van der Waals surface area (Å²) in [6.07, 6.45) is 2.23. The monoisotopic (exact) mass is 271 g/mol. The first-order valence-corrected chi connectivity index (χ1v) is 6.86. The zero-order valence-corrected chi connectivity index (χ0v) is 11.3. The van der Waals surface area contributed by atoms with E-state index in [1.807, 2.05) is 0 Å². The highest BCUT2D eigenvalue weighted by Crippen LogP contribution is 2.29. The van der Waals surface area contributed by atoms with Gasteiger partial charge in [0.25, 0.3) is 0 Å². The summed E-state index contributed by atoms with van der Waals surface area (Å²) < 4.78 is 36.4. The van der Waals surface area contributed by atoms with Gasteiger partial charge in [-0.25, -0.2) is 13.1 Å². The van der Waals surface area contributed by atoms with Crippen LogP contribution in [0.15, 0.2) is 35.7 Å². The smallest absolute Gasteiger partial charge is 0.240 e. The lowest BCUT2D eigenvalue weighted by Gasteiger charge is -2.10. The second kappa shape index (κ2) is 6.42. The fourth-order valence-corrected chi connectivity index (χ4v) is 2.43. The molecular weight excluding hydrogens is 254 g/mol. The highest BCUT2D eigenvalue weighted by molar-refractivity contribution is 7.89. The minimum atomic E-state index is -3.52. The Balaban J connectivity index is 2.98. The number of hydrogen-bond donors (Lipinski definition) is 1. The van der Waals surface area contributed by atoms with Crippen LogP contribution < -0.4 is 14.2 Å². The first-order chi connectivity index (χ1) is 8.55. The van der Waals surface area contributed by atoms with Gasteiger partial charge in [-0.3, -0.25) is 0 Å². The van der Waals surface area contributed by atoms with Gasteiger partial charge in [0.2, 0.25) is 10.0 Å². The summed E-state index contributed by atoms with van der Waals surface area (Å²) in [6.45, 7) is 3.85. The molecule has 1 rings (SSSR count). The van der Waals surface area contributed by atoms with Crippen molar-refractivity contribution in [3.8, 4) is 11.5 Å². The molecule has 0 saturated carbocycles. The van der Waals surface area contributed by atoms with Crippen LogP contribution in [0.4, 0.5) is 0 Å². The molecule has 0 aromatic heterocycles. The molecule has 100 valence electrons. The standard InChI is InChI=1S/C12H17NO4S/c1-4-5-8-13-18(14,15)10-6-7-11(16-2)12(9-10)17-3/h4,6-7,9,13H,1,5,8H2,2-3H3. The number of rotatable bonds is 7. The fourth-order valence-electron chi connectivity index (χ4n) is 1.36. The van der Waals surface area contributed by atoms with E-state index in [9.17, 15) is 8.42 Å². The van der Waals surface area contributed by atoms with Gasteiger partial charge in [0.05, 0.1) is 19.1 Å². The van der Waals surface area contributed by atoms with Crippen LogP contribution in [0.25, 0.3) is 0 Å². The van der Waals surface area contributed by atoms with Crippen molar-refractivity contribution in [3.05, 3.63) is 30.9 Å². The number of sulfonamides is 1. The zero-order chi connectivity index (χ0) is 13.6. The van der Waals surface area contributed by atoms with E-state index in [1.54, 1.807) is 12.1 Å². The summed E-state index contributed by atoms with van der Waals surface area (Å²) >= 11 is 0. The van der Waals surface area contributed by atoms with E-state index in [1.165, 1.54) is 26.4 Å². The van der Waals surface area contributed by atoms with E-state index >= 15 is 0 Å². The number of ether oxygens (including phenoxy) is 2. The van der Waals surface area contributed by atoms with Gasteiger partial charge in [-0.2, -0.15) is 0 Å². The molecule has 0 radical (unpaired) electrons. The summed E-state index contributed by atoms with van der Waals surface area (Å²) in [5.74, 6) is 0.867. The van der Waals surface area contributed by atoms with E-state index in [2.05, 4.69) is 11.3 Å². The summed E-state index contributed by atoms with van der Waals surface area (Å²) in [5.41, 5.74) is 0. The van der Waals surface area contributed by atoms with Crippen molar-refractivity contribution in [3.63, 3.8) is 0 Å². The number of hydrogen-bond acceptors (Lipinski definition) is 4. The normalized spacial score (nSPS) is 11.0. The largest absolute Gasteiger partial charge is 0.493 e. The highest BCUT2D eigenvalue weighted by atomic mass is 32.2. The summed E-state index contributed by atoms with van der Waals surface area (Å²) in [5, 5.41) is 0. The Hall–Kier alpha value is -1.53. The molecular formula is C12H17NO4S.